The minimum atomic E-state index is -0.628. The van der Waals surface area contributed by atoms with Gasteiger partial charge in [-0.3, -0.25) is 0 Å². The molecular formula is C43H46O3. The molecule has 1 unspecified atom stereocenters. The van der Waals surface area contributed by atoms with Crippen molar-refractivity contribution >= 4 is 5.97 Å². The first-order valence-corrected chi connectivity index (χ1v) is 16.6. The number of esters is 1. The summed E-state index contributed by atoms with van der Waals surface area (Å²) in [6, 6.07) is 43.3. The number of aryl methyl sites for hydroxylation is 2. The third-order valence-electron chi connectivity index (χ3n) is 8.97. The molecule has 0 saturated heterocycles. The lowest BCUT2D eigenvalue weighted by atomic mass is 9.65. The number of carbonyl (C=O) groups excluding carboxylic acids is 1. The zero-order valence-electron chi connectivity index (χ0n) is 27.9. The summed E-state index contributed by atoms with van der Waals surface area (Å²) in [5.41, 5.74) is 6.63. The Morgan fingerprint density at radius 3 is 1.48 bits per heavy atom. The van der Waals surface area contributed by atoms with Crippen LogP contribution < -0.4 is 9.47 Å². The quantitative estimate of drug-likeness (QED) is 0.0756. The highest BCUT2D eigenvalue weighted by Gasteiger charge is 2.38. The Balaban J connectivity index is 1.61. The molecule has 0 fully saturated rings. The second-order valence-electron chi connectivity index (χ2n) is 12.7. The van der Waals surface area contributed by atoms with Crippen LogP contribution in [0, 0.1) is 13.8 Å². The van der Waals surface area contributed by atoms with Crippen LogP contribution in [0.2, 0.25) is 0 Å². The van der Waals surface area contributed by atoms with Gasteiger partial charge in [0.15, 0.2) is 0 Å². The van der Waals surface area contributed by atoms with Gasteiger partial charge >= 0.3 is 5.97 Å². The summed E-state index contributed by atoms with van der Waals surface area (Å²) >= 11 is 0. The van der Waals surface area contributed by atoms with Crippen LogP contribution in [0.15, 0.2) is 127 Å². The van der Waals surface area contributed by atoms with Crippen molar-refractivity contribution in [1.82, 2.24) is 0 Å². The molecule has 236 valence electrons. The second-order valence-corrected chi connectivity index (χ2v) is 12.7. The van der Waals surface area contributed by atoms with Crippen LogP contribution in [0.25, 0.3) is 0 Å². The van der Waals surface area contributed by atoms with Crippen LogP contribution in [-0.4, -0.2) is 11.6 Å². The van der Waals surface area contributed by atoms with Crippen LogP contribution in [0.3, 0.4) is 0 Å². The largest absolute Gasteiger partial charge is 0.488 e. The Bertz CT molecular complexity index is 1640. The highest BCUT2D eigenvalue weighted by atomic mass is 16.5. The van der Waals surface area contributed by atoms with E-state index >= 15 is 0 Å². The minimum Gasteiger partial charge on any atom is -0.488 e. The molecule has 1 atom stereocenters. The van der Waals surface area contributed by atoms with Gasteiger partial charge < -0.3 is 9.47 Å². The van der Waals surface area contributed by atoms with Gasteiger partial charge in [0.05, 0.1) is 11.0 Å². The highest BCUT2D eigenvalue weighted by Crippen LogP contribution is 2.46. The fraction of sp³-hybridized carbons (Fsp3) is 0.279. The third kappa shape index (κ3) is 7.26. The maximum atomic E-state index is 12.8. The lowest BCUT2D eigenvalue weighted by Gasteiger charge is -2.37. The van der Waals surface area contributed by atoms with E-state index in [-0.39, 0.29) is 11.6 Å². The van der Waals surface area contributed by atoms with Crippen LogP contribution in [-0.2, 0) is 5.41 Å². The summed E-state index contributed by atoms with van der Waals surface area (Å²) in [6.45, 7) is 10.9. The second kappa shape index (κ2) is 14.6. The first-order chi connectivity index (χ1) is 22.3. The number of hydrogen-bond acceptors (Lipinski definition) is 3. The first-order valence-electron chi connectivity index (χ1n) is 16.6. The molecular weight excluding hydrogens is 564 g/mol. The van der Waals surface area contributed by atoms with Crippen molar-refractivity contribution in [1.29, 1.82) is 0 Å². The summed E-state index contributed by atoms with van der Waals surface area (Å²) in [4.78, 5) is 12.8. The third-order valence-corrected chi connectivity index (χ3v) is 8.97. The Labute approximate surface area is 275 Å². The van der Waals surface area contributed by atoms with E-state index in [1.165, 1.54) is 11.1 Å². The molecule has 0 aliphatic rings. The van der Waals surface area contributed by atoms with Crippen LogP contribution >= 0.6 is 0 Å². The Morgan fingerprint density at radius 1 is 0.565 bits per heavy atom. The molecule has 0 aliphatic heterocycles. The SMILES string of the molecule is CCCCC(C)(CCC)Oc1ccc(C(c2ccc(C)cc2)(c2ccc(C)cc2)c2ccc(OC(=O)c3ccccc3)cc2)cc1. The number of rotatable bonds is 13. The molecule has 0 aromatic heterocycles. The average molecular weight is 611 g/mol. The molecule has 0 N–H and O–H groups in total. The van der Waals surface area contributed by atoms with Gasteiger partial charge in [0.25, 0.3) is 0 Å². The summed E-state index contributed by atoms with van der Waals surface area (Å²) < 4.78 is 12.5. The highest BCUT2D eigenvalue weighted by molar-refractivity contribution is 5.91. The van der Waals surface area contributed by atoms with E-state index in [1.807, 2.05) is 30.3 Å². The van der Waals surface area contributed by atoms with Gasteiger partial charge in [-0.05, 0) is 98.7 Å². The van der Waals surface area contributed by atoms with E-state index in [0.717, 1.165) is 60.1 Å². The standard InChI is InChI=1S/C43H46O3/c1-6-8-31-42(5,30-7-2)46-40-28-24-38(25-29-40)43(35-18-14-32(3)15-19-35,36-20-16-33(4)17-21-36)37-22-26-39(27-23-37)45-41(44)34-12-10-9-11-13-34/h9-29H,6-8,30-31H2,1-5H3. The fourth-order valence-corrected chi connectivity index (χ4v) is 6.48. The van der Waals surface area contributed by atoms with Gasteiger partial charge in [-0.1, -0.05) is 129 Å². The minimum absolute atomic E-state index is 0.190. The van der Waals surface area contributed by atoms with E-state index in [2.05, 4.69) is 120 Å². The molecule has 0 amide bonds. The Kier molecular flexibility index (Phi) is 10.4. The van der Waals surface area contributed by atoms with Crippen molar-refractivity contribution in [2.75, 3.05) is 0 Å². The van der Waals surface area contributed by atoms with Crippen molar-refractivity contribution in [2.45, 2.75) is 77.7 Å². The van der Waals surface area contributed by atoms with Gasteiger partial charge in [-0.15, -0.1) is 0 Å². The number of ether oxygens (including phenoxy) is 2. The fourth-order valence-electron chi connectivity index (χ4n) is 6.48. The van der Waals surface area contributed by atoms with Crippen LogP contribution in [0.4, 0.5) is 0 Å². The number of benzene rings is 5. The molecule has 5 aromatic carbocycles. The van der Waals surface area contributed by atoms with E-state index in [9.17, 15) is 4.79 Å². The van der Waals surface area contributed by atoms with Crippen molar-refractivity contribution in [3.63, 3.8) is 0 Å². The maximum absolute atomic E-state index is 12.8. The summed E-state index contributed by atoms with van der Waals surface area (Å²) in [7, 11) is 0. The molecule has 0 aliphatic carbocycles. The lowest BCUT2D eigenvalue weighted by molar-refractivity contribution is 0.0664. The molecule has 3 heteroatoms. The molecule has 3 nitrogen and oxygen atoms in total. The molecule has 0 saturated carbocycles. The monoisotopic (exact) mass is 610 g/mol. The molecule has 5 rings (SSSR count). The zero-order valence-corrected chi connectivity index (χ0v) is 27.9. The smallest absolute Gasteiger partial charge is 0.343 e. The molecule has 0 heterocycles. The number of hydrogen-bond donors (Lipinski definition) is 0. The number of unbranched alkanes of at least 4 members (excludes halogenated alkanes) is 1. The van der Waals surface area contributed by atoms with Gasteiger partial charge in [0.2, 0.25) is 0 Å². The molecule has 0 spiro atoms. The maximum Gasteiger partial charge on any atom is 0.343 e. The topological polar surface area (TPSA) is 35.5 Å². The predicted molar refractivity (Wildman–Crippen MR) is 189 cm³/mol. The molecule has 5 aromatic rings. The molecule has 0 radical (unpaired) electrons. The van der Waals surface area contributed by atoms with E-state index < -0.39 is 5.41 Å². The van der Waals surface area contributed by atoms with Gasteiger partial charge in [0, 0.05) is 0 Å². The molecule has 46 heavy (non-hydrogen) atoms. The van der Waals surface area contributed by atoms with Gasteiger partial charge in [0.1, 0.15) is 17.1 Å². The van der Waals surface area contributed by atoms with Crippen molar-refractivity contribution in [3.05, 3.63) is 166 Å². The summed E-state index contributed by atoms with van der Waals surface area (Å²) in [5, 5.41) is 0. The van der Waals surface area contributed by atoms with E-state index in [0.29, 0.717) is 11.3 Å². The predicted octanol–water partition coefficient (Wildman–Crippen LogP) is 11.0. The van der Waals surface area contributed by atoms with E-state index in [4.69, 9.17) is 9.47 Å². The average Bonchev–Trinajstić information content (AvgIpc) is 3.07. The normalized spacial score (nSPS) is 12.7. The summed E-state index contributed by atoms with van der Waals surface area (Å²) in [5.74, 6) is 1.02. The zero-order chi connectivity index (χ0) is 32.6. The number of carbonyl (C=O) groups is 1. The van der Waals surface area contributed by atoms with Crippen molar-refractivity contribution in [3.8, 4) is 11.5 Å². The van der Waals surface area contributed by atoms with Crippen molar-refractivity contribution < 1.29 is 14.3 Å². The summed E-state index contributed by atoms with van der Waals surface area (Å²) in [6.07, 6.45) is 5.44. The van der Waals surface area contributed by atoms with Crippen molar-refractivity contribution in [2.24, 2.45) is 0 Å². The Morgan fingerprint density at radius 2 is 1.02 bits per heavy atom. The van der Waals surface area contributed by atoms with Crippen LogP contribution in [0.5, 0.6) is 11.5 Å². The Hall–Kier alpha value is -4.63. The van der Waals surface area contributed by atoms with Crippen LogP contribution in [0.1, 0.15) is 96.6 Å². The van der Waals surface area contributed by atoms with Gasteiger partial charge in [-0.2, -0.15) is 0 Å². The lowest BCUT2D eigenvalue weighted by Crippen LogP contribution is -2.33. The van der Waals surface area contributed by atoms with E-state index in [1.54, 1.807) is 12.1 Å². The first kappa shape index (κ1) is 32.8. The molecule has 0 bridgehead atoms. The van der Waals surface area contributed by atoms with Gasteiger partial charge in [-0.25, -0.2) is 4.79 Å².